The fourth-order valence-corrected chi connectivity index (χ4v) is 4.49. The van der Waals surface area contributed by atoms with E-state index in [4.69, 9.17) is 4.42 Å². The second kappa shape index (κ2) is 12.0. The van der Waals surface area contributed by atoms with Crippen molar-refractivity contribution in [3.63, 3.8) is 0 Å². The normalized spacial score (nSPS) is 14.6. The highest BCUT2D eigenvalue weighted by atomic mass is 16.3. The Kier molecular flexibility index (Phi) is 8.33. The summed E-state index contributed by atoms with van der Waals surface area (Å²) in [6, 6.07) is 21.3. The molecule has 1 aliphatic rings. The summed E-state index contributed by atoms with van der Waals surface area (Å²) in [5, 5.41) is 5.81. The van der Waals surface area contributed by atoms with Gasteiger partial charge in [0.25, 0.3) is 5.91 Å². The Balaban J connectivity index is 1.60. The third-order valence-electron chi connectivity index (χ3n) is 6.29. The van der Waals surface area contributed by atoms with Crippen molar-refractivity contribution in [2.75, 3.05) is 6.54 Å². The maximum atomic E-state index is 13.7. The van der Waals surface area contributed by atoms with E-state index in [1.807, 2.05) is 60.7 Å². The highest BCUT2D eigenvalue weighted by molar-refractivity contribution is 5.95. The van der Waals surface area contributed by atoms with Gasteiger partial charge in [-0.05, 0) is 36.1 Å². The third-order valence-corrected chi connectivity index (χ3v) is 6.29. The van der Waals surface area contributed by atoms with Crippen LogP contribution in [-0.2, 0) is 16.1 Å². The van der Waals surface area contributed by atoms with E-state index in [1.54, 1.807) is 11.0 Å². The van der Waals surface area contributed by atoms with E-state index >= 15 is 0 Å². The van der Waals surface area contributed by atoms with Gasteiger partial charge in [-0.3, -0.25) is 14.4 Å². The zero-order valence-electron chi connectivity index (χ0n) is 19.7. The molecule has 1 aromatic heterocycles. The summed E-state index contributed by atoms with van der Waals surface area (Å²) in [6.07, 6.45) is 6.65. The molecule has 2 aromatic carbocycles. The van der Waals surface area contributed by atoms with Crippen LogP contribution in [0.1, 0.15) is 59.8 Å². The quantitative estimate of drug-likeness (QED) is 0.487. The van der Waals surface area contributed by atoms with E-state index in [9.17, 15) is 14.4 Å². The average Bonchev–Trinajstić information content (AvgIpc) is 3.44. The van der Waals surface area contributed by atoms with Crippen molar-refractivity contribution in [3.05, 3.63) is 95.9 Å². The van der Waals surface area contributed by atoms with Crippen LogP contribution in [0.15, 0.2) is 83.5 Å². The molecule has 1 heterocycles. The van der Waals surface area contributed by atoms with Crippen LogP contribution < -0.4 is 10.6 Å². The zero-order valence-corrected chi connectivity index (χ0v) is 19.7. The first kappa shape index (κ1) is 24.3. The van der Waals surface area contributed by atoms with Crippen molar-refractivity contribution in [2.45, 2.75) is 50.7 Å². The summed E-state index contributed by atoms with van der Waals surface area (Å²) in [4.78, 5) is 41.1. The van der Waals surface area contributed by atoms with Crippen LogP contribution in [-0.4, -0.2) is 35.2 Å². The van der Waals surface area contributed by atoms with Crippen molar-refractivity contribution < 1.29 is 18.8 Å². The molecular formula is C28H31N3O4. The molecule has 182 valence electrons. The fraction of sp³-hybridized carbons (Fsp3) is 0.321. The van der Waals surface area contributed by atoms with Gasteiger partial charge in [0.1, 0.15) is 6.04 Å². The Hall–Kier alpha value is -3.87. The second-order valence-electron chi connectivity index (χ2n) is 8.82. The topological polar surface area (TPSA) is 91.7 Å². The molecule has 1 fully saturated rings. The van der Waals surface area contributed by atoms with E-state index in [1.165, 1.54) is 18.8 Å². The molecule has 0 unspecified atom stereocenters. The number of rotatable bonds is 9. The molecule has 0 bridgehead atoms. The maximum Gasteiger partial charge on any atom is 0.287 e. The Bertz CT molecular complexity index is 1090. The monoisotopic (exact) mass is 473 g/mol. The van der Waals surface area contributed by atoms with Crippen LogP contribution in [0.4, 0.5) is 0 Å². The van der Waals surface area contributed by atoms with E-state index in [0.717, 1.165) is 36.8 Å². The molecule has 1 saturated carbocycles. The van der Waals surface area contributed by atoms with Gasteiger partial charge in [0, 0.05) is 12.6 Å². The number of nitrogens with one attached hydrogen (secondary N) is 2. The van der Waals surface area contributed by atoms with Gasteiger partial charge >= 0.3 is 0 Å². The van der Waals surface area contributed by atoms with E-state index in [-0.39, 0.29) is 36.7 Å². The van der Waals surface area contributed by atoms with Crippen molar-refractivity contribution in [3.8, 4) is 0 Å². The van der Waals surface area contributed by atoms with Gasteiger partial charge in [-0.15, -0.1) is 0 Å². The highest BCUT2D eigenvalue weighted by Gasteiger charge is 2.33. The molecule has 4 rings (SSSR count). The summed E-state index contributed by atoms with van der Waals surface area (Å²) in [6.45, 7) is -0.0274. The molecule has 0 spiro atoms. The summed E-state index contributed by atoms with van der Waals surface area (Å²) < 4.78 is 5.12. The predicted octanol–water partition coefficient (Wildman–Crippen LogP) is 4.23. The first-order valence-electron chi connectivity index (χ1n) is 12.1. The van der Waals surface area contributed by atoms with Crippen molar-refractivity contribution >= 4 is 17.7 Å². The molecule has 0 radical (unpaired) electrons. The average molecular weight is 474 g/mol. The molecule has 1 aliphatic carbocycles. The molecular weight excluding hydrogens is 442 g/mol. The lowest BCUT2D eigenvalue weighted by Gasteiger charge is -2.33. The van der Waals surface area contributed by atoms with Crippen molar-refractivity contribution in [1.82, 2.24) is 15.5 Å². The summed E-state index contributed by atoms with van der Waals surface area (Å²) in [5.41, 5.74) is 1.62. The lowest BCUT2D eigenvalue weighted by Crippen LogP contribution is -2.49. The third kappa shape index (κ3) is 6.59. The minimum absolute atomic E-state index is 0.106. The van der Waals surface area contributed by atoms with E-state index in [2.05, 4.69) is 10.6 Å². The summed E-state index contributed by atoms with van der Waals surface area (Å²) >= 11 is 0. The van der Waals surface area contributed by atoms with E-state index < -0.39 is 11.9 Å². The first-order valence-corrected chi connectivity index (χ1v) is 12.1. The minimum Gasteiger partial charge on any atom is -0.459 e. The van der Waals surface area contributed by atoms with Crippen LogP contribution in [0.25, 0.3) is 0 Å². The van der Waals surface area contributed by atoms with Gasteiger partial charge in [0.15, 0.2) is 5.76 Å². The summed E-state index contributed by atoms with van der Waals surface area (Å²) in [7, 11) is 0. The number of furan rings is 1. The SMILES string of the molecule is O=C(NCC(=O)N(Cc1ccccc1)[C@H](C(=O)NC1CCCCC1)c1ccccc1)c1ccco1. The molecule has 0 aliphatic heterocycles. The fourth-order valence-electron chi connectivity index (χ4n) is 4.49. The van der Waals surface area contributed by atoms with Crippen molar-refractivity contribution in [2.24, 2.45) is 0 Å². The number of carbonyl (C=O) groups excluding carboxylic acids is 3. The van der Waals surface area contributed by atoms with Gasteiger partial charge in [-0.2, -0.15) is 0 Å². The Morgan fingerprint density at radius 3 is 2.23 bits per heavy atom. The maximum absolute atomic E-state index is 13.7. The number of amides is 3. The van der Waals surface area contributed by atoms with Crippen molar-refractivity contribution in [1.29, 1.82) is 0 Å². The number of nitrogens with zero attached hydrogens (tertiary/aromatic N) is 1. The molecule has 7 nitrogen and oxygen atoms in total. The summed E-state index contributed by atoms with van der Waals surface area (Å²) in [5.74, 6) is -0.917. The molecule has 35 heavy (non-hydrogen) atoms. The predicted molar refractivity (Wildman–Crippen MR) is 132 cm³/mol. The van der Waals surface area contributed by atoms with Crippen LogP contribution >= 0.6 is 0 Å². The second-order valence-corrected chi connectivity index (χ2v) is 8.82. The lowest BCUT2D eigenvalue weighted by molar-refractivity contribution is -0.141. The van der Waals surface area contributed by atoms with Crippen LogP contribution in [0.2, 0.25) is 0 Å². The molecule has 3 aromatic rings. The molecule has 1 atom stereocenters. The highest BCUT2D eigenvalue weighted by Crippen LogP contribution is 2.25. The smallest absolute Gasteiger partial charge is 0.287 e. The molecule has 0 saturated heterocycles. The van der Waals surface area contributed by atoms with Crippen LogP contribution in [0.3, 0.4) is 0 Å². The number of benzene rings is 2. The lowest BCUT2D eigenvalue weighted by atomic mass is 9.94. The first-order chi connectivity index (χ1) is 17.1. The molecule has 3 amide bonds. The van der Waals surface area contributed by atoms with Gasteiger partial charge in [-0.1, -0.05) is 79.9 Å². The van der Waals surface area contributed by atoms with Gasteiger partial charge in [0.05, 0.1) is 12.8 Å². The largest absolute Gasteiger partial charge is 0.459 e. The van der Waals surface area contributed by atoms with Gasteiger partial charge in [-0.25, -0.2) is 0 Å². The van der Waals surface area contributed by atoms with Gasteiger partial charge < -0.3 is 20.0 Å². The standard InChI is InChI=1S/C28H31N3O4/c32-25(19-29-27(33)24-17-10-18-35-24)31(20-21-11-4-1-5-12-21)26(22-13-6-2-7-14-22)28(34)30-23-15-8-3-9-16-23/h1-2,4-7,10-14,17-18,23,26H,3,8-9,15-16,19-20H2,(H,29,33)(H,30,34)/t26-/m0/s1. The minimum atomic E-state index is -0.827. The molecule has 2 N–H and O–H groups in total. The Morgan fingerprint density at radius 2 is 1.57 bits per heavy atom. The van der Waals surface area contributed by atoms with Gasteiger partial charge in [0.2, 0.25) is 11.8 Å². The van der Waals surface area contributed by atoms with E-state index in [0.29, 0.717) is 0 Å². The number of carbonyl (C=O) groups is 3. The van der Waals surface area contributed by atoms with Crippen LogP contribution in [0, 0.1) is 0 Å². The molecule has 7 heteroatoms. The number of hydrogen-bond acceptors (Lipinski definition) is 4. The Morgan fingerprint density at radius 1 is 0.886 bits per heavy atom. The Labute approximate surface area is 205 Å². The number of hydrogen-bond donors (Lipinski definition) is 2. The van der Waals surface area contributed by atoms with Crippen LogP contribution in [0.5, 0.6) is 0 Å². The zero-order chi connectivity index (χ0) is 24.5.